The lowest BCUT2D eigenvalue weighted by molar-refractivity contribution is 0.465. The Balaban J connectivity index is 0.931. The van der Waals surface area contributed by atoms with E-state index in [1.54, 1.807) is 0 Å². The van der Waals surface area contributed by atoms with Crippen LogP contribution in [-0.2, 0) is 0 Å². The molecule has 0 atom stereocenters. The number of hydrogen-bond donors (Lipinski definition) is 0. The molecule has 0 aliphatic carbocycles. The smallest absolute Gasteiger partial charge is 0.260 e. The third kappa shape index (κ3) is 5.88. The number of para-hydroxylation sites is 4. The van der Waals surface area contributed by atoms with Gasteiger partial charge in [0.2, 0.25) is 0 Å². The van der Waals surface area contributed by atoms with Crippen LogP contribution in [0.2, 0.25) is 0 Å². The summed E-state index contributed by atoms with van der Waals surface area (Å²) in [6.45, 7) is -0.0779. The highest BCUT2D eigenvalue weighted by molar-refractivity contribution is 7.26. The van der Waals surface area contributed by atoms with Crippen LogP contribution in [0, 0.1) is 0 Å². The topological polar surface area (TPSA) is 24.9 Å². The molecule has 11 aromatic carbocycles. The van der Waals surface area contributed by atoms with E-state index in [4.69, 9.17) is 9.47 Å². The van der Waals surface area contributed by atoms with E-state index in [1.165, 1.54) is 61.9 Å². The van der Waals surface area contributed by atoms with Crippen LogP contribution in [0.4, 0.5) is 34.1 Å². The van der Waals surface area contributed by atoms with Crippen LogP contribution in [-0.4, -0.2) is 6.71 Å². The SMILES string of the molecule is c1ccc(N(c2ccccc2)c2cc3sc4cc5c(cc4c3c3ccccc23)Oc2cccc3c2B5c2cc4sc5cc(N(c6ccccc6)c6ccccc6)c6ccccc6c5c4cc2O3)cc1. The van der Waals surface area contributed by atoms with Crippen molar-refractivity contribution in [3.8, 4) is 23.0 Å². The van der Waals surface area contributed by atoms with Crippen LogP contribution in [0.1, 0.15) is 0 Å². The summed E-state index contributed by atoms with van der Waals surface area (Å²) in [6, 6.07) is 81.0. The maximum Gasteiger partial charge on any atom is 0.260 e. The van der Waals surface area contributed by atoms with Crippen molar-refractivity contribution in [2.45, 2.75) is 0 Å². The van der Waals surface area contributed by atoms with Crippen molar-refractivity contribution in [2.75, 3.05) is 9.80 Å². The van der Waals surface area contributed by atoms with Crippen LogP contribution in [0.15, 0.2) is 224 Å². The standard InChI is InChI=1S/C62H37BN2O2S2/c1-5-18-38(19-6-1)64(39-20-7-2-8-21-39)50-36-58-60(44-28-15-13-26-42(44)50)46-32-54-48(34-56(46)68-58)63-49-35-57-47(33-55(49)67-53-31-17-30-52(66-54)62(53)63)61-45-29-16-14-27-43(45)51(37-59(61)69-57)65(40-22-9-3-10-23-40)41-24-11-4-12-25-41/h1-37H. The maximum absolute atomic E-state index is 6.96. The molecule has 2 aliphatic heterocycles. The number of benzene rings is 11. The molecular formula is C62H37BN2O2S2. The fraction of sp³-hybridized carbons (Fsp3) is 0. The molecule has 0 spiro atoms. The van der Waals surface area contributed by atoms with Crippen molar-refractivity contribution in [3.05, 3.63) is 224 Å². The lowest BCUT2D eigenvalue weighted by atomic mass is 9.35. The van der Waals surface area contributed by atoms with Gasteiger partial charge in [-0.2, -0.15) is 0 Å². The number of ether oxygens (including phenoxy) is 2. The summed E-state index contributed by atoms with van der Waals surface area (Å²) in [5.74, 6) is 3.47. The molecule has 0 saturated carbocycles. The number of fused-ring (bicyclic) bond motifs is 14. The van der Waals surface area contributed by atoms with Crippen molar-refractivity contribution in [1.29, 1.82) is 0 Å². The molecule has 2 aliphatic rings. The molecule has 7 heteroatoms. The first kappa shape index (κ1) is 38.7. The summed E-state index contributed by atoms with van der Waals surface area (Å²) in [4.78, 5) is 4.77. The van der Waals surface area contributed by atoms with E-state index in [0.29, 0.717) is 0 Å². The molecule has 0 saturated heterocycles. The minimum Gasteiger partial charge on any atom is -0.458 e. The Morgan fingerprint density at radius 2 is 0.667 bits per heavy atom. The zero-order chi connectivity index (χ0) is 45.2. The van der Waals surface area contributed by atoms with Crippen LogP contribution in [0.25, 0.3) is 61.9 Å². The van der Waals surface area contributed by atoms with Gasteiger partial charge in [-0.1, -0.05) is 127 Å². The Kier molecular flexibility index (Phi) is 8.46. The number of nitrogens with zero attached hydrogens (tertiary/aromatic N) is 2. The Morgan fingerprint density at radius 1 is 0.304 bits per heavy atom. The zero-order valence-electron chi connectivity index (χ0n) is 37.0. The van der Waals surface area contributed by atoms with Gasteiger partial charge in [-0.25, -0.2) is 0 Å². The molecule has 69 heavy (non-hydrogen) atoms. The average molecular weight is 917 g/mol. The van der Waals surface area contributed by atoms with Crippen LogP contribution in [0.3, 0.4) is 0 Å². The quantitative estimate of drug-likeness (QED) is 0.155. The Labute approximate surface area is 406 Å². The van der Waals surface area contributed by atoms with Gasteiger partial charge in [0.15, 0.2) is 0 Å². The second kappa shape index (κ2) is 15.1. The molecule has 0 bridgehead atoms. The van der Waals surface area contributed by atoms with Gasteiger partial charge in [-0.05, 0) is 119 Å². The molecule has 0 amide bonds. The van der Waals surface area contributed by atoms with Crippen molar-refractivity contribution in [2.24, 2.45) is 0 Å². The number of hydrogen-bond acceptors (Lipinski definition) is 6. The third-order valence-electron chi connectivity index (χ3n) is 14.1. The largest absolute Gasteiger partial charge is 0.458 e. The minimum atomic E-state index is -0.0779. The second-order valence-corrected chi connectivity index (χ2v) is 20.1. The summed E-state index contributed by atoms with van der Waals surface area (Å²) in [5, 5.41) is 9.77. The van der Waals surface area contributed by atoms with Crippen molar-refractivity contribution < 1.29 is 9.47 Å². The van der Waals surface area contributed by atoms with Crippen molar-refractivity contribution in [1.82, 2.24) is 0 Å². The molecule has 0 fully saturated rings. The first-order chi connectivity index (χ1) is 34.2. The molecule has 13 aromatic rings. The number of anilines is 6. The molecule has 4 nitrogen and oxygen atoms in total. The van der Waals surface area contributed by atoms with Crippen LogP contribution >= 0.6 is 22.7 Å². The van der Waals surface area contributed by atoms with Gasteiger partial charge in [0, 0.05) is 79.3 Å². The Hall–Kier alpha value is -8.36. The van der Waals surface area contributed by atoms with Crippen molar-refractivity contribution in [3.63, 3.8) is 0 Å². The zero-order valence-corrected chi connectivity index (χ0v) is 38.6. The molecule has 2 aromatic heterocycles. The lowest BCUT2D eigenvalue weighted by Crippen LogP contribution is -2.57. The Bertz CT molecular complexity index is 3870. The fourth-order valence-corrected chi connectivity index (χ4v) is 13.6. The molecule has 0 unspecified atom stereocenters. The van der Waals surface area contributed by atoms with Gasteiger partial charge in [0.1, 0.15) is 23.0 Å². The van der Waals surface area contributed by atoms with E-state index in [0.717, 1.165) is 73.5 Å². The summed E-state index contributed by atoms with van der Waals surface area (Å²) < 4.78 is 18.9. The number of thiophene rings is 2. The molecule has 322 valence electrons. The van der Waals surface area contributed by atoms with E-state index >= 15 is 0 Å². The van der Waals surface area contributed by atoms with Crippen LogP contribution in [0.5, 0.6) is 23.0 Å². The predicted molar refractivity (Wildman–Crippen MR) is 294 cm³/mol. The van der Waals surface area contributed by atoms with Gasteiger partial charge < -0.3 is 19.3 Å². The van der Waals surface area contributed by atoms with Gasteiger partial charge in [-0.15, -0.1) is 22.7 Å². The summed E-state index contributed by atoms with van der Waals surface area (Å²) in [6.07, 6.45) is 0. The van der Waals surface area contributed by atoms with Gasteiger partial charge in [0.05, 0.1) is 11.4 Å². The minimum absolute atomic E-state index is 0.0779. The average Bonchev–Trinajstić information content (AvgIpc) is 3.96. The van der Waals surface area contributed by atoms with E-state index in [2.05, 4.69) is 234 Å². The van der Waals surface area contributed by atoms with Crippen molar-refractivity contribution >= 4 is 142 Å². The van der Waals surface area contributed by atoms with E-state index < -0.39 is 0 Å². The highest BCUT2D eigenvalue weighted by atomic mass is 32.1. The van der Waals surface area contributed by atoms with Gasteiger partial charge in [0.25, 0.3) is 6.71 Å². The number of rotatable bonds is 6. The maximum atomic E-state index is 6.96. The monoisotopic (exact) mass is 916 g/mol. The first-order valence-electron chi connectivity index (χ1n) is 23.3. The normalized spacial score (nSPS) is 12.6. The fourth-order valence-electron chi connectivity index (χ4n) is 11.2. The van der Waals surface area contributed by atoms with E-state index in [-0.39, 0.29) is 6.71 Å². The first-order valence-corrected chi connectivity index (χ1v) is 25.0. The predicted octanol–water partition coefficient (Wildman–Crippen LogP) is 16.4. The van der Waals surface area contributed by atoms with E-state index in [1.807, 2.05) is 22.7 Å². The molecular weight excluding hydrogens is 880 g/mol. The molecule has 0 N–H and O–H groups in total. The van der Waals surface area contributed by atoms with Crippen LogP contribution < -0.4 is 35.7 Å². The Morgan fingerprint density at radius 3 is 1.06 bits per heavy atom. The lowest BCUT2D eigenvalue weighted by Gasteiger charge is -2.33. The third-order valence-corrected chi connectivity index (χ3v) is 16.3. The highest BCUT2D eigenvalue weighted by Crippen LogP contribution is 2.50. The molecule has 15 rings (SSSR count). The highest BCUT2D eigenvalue weighted by Gasteiger charge is 2.41. The van der Waals surface area contributed by atoms with Gasteiger partial charge >= 0.3 is 0 Å². The van der Waals surface area contributed by atoms with E-state index in [9.17, 15) is 0 Å². The van der Waals surface area contributed by atoms with Gasteiger partial charge in [-0.3, -0.25) is 0 Å². The second-order valence-electron chi connectivity index (χ2n) is 17.9. The summed E-state index contributed by atoms with van der Waals surface area (Å²) in [7, 11) is 0. The summed E-state index contributed by atoms with van der Waals surface area (Å²) in [5.41, 5.74) is 10.2. The molecule has 4 heterocycles. The summed E-state index contributed by atoms with van der Waals surface area (Å²) >= 11 is 3.72. The molecule has 0 radical (unpaired) electrons.